The van der Waals surface area contributed by atoms with Gasteiger partial charge < -0.3 is 14.8 Å². The van der Waals surface area contributed by atoms with E-state index >= 15 is 0 Å². The Balaban J connectivity index is 1.73. The van der Waals surface area contributed by atoms with E-state index in [1.807, 2.05) is 0 Å². The van der Waals surface area contributed by atoms with Crippen LogP contribution < -0.4 is 14.8 Å². The summed E-state index contributed by atoms with van der Waals surface area (Å²) >= 11 is 6.01. The van der Waals surface area contributed by atoms with Crippen molar-refractivity contribution in [1.82, 2.24) is 4.90 Å². The first-order valence-corrected chi connectivity index (χ1v) is 10.4. The number of anilines is 1. The van der Waals surface area contributed by atoms with Crippen LogP contribution in [0.4, 0.5) is 10.1 Å². The topological polar surface area (TPSA) is 67.9 Å². The van der Waals surface area contributed by atoms with Crippen LogP contribution in [0.1, 0.15) is 11.1 Å². The van der Waals surface area contributed by atoms with E-state index in [2.05, 4.69) is 5.32 Å². The standard InChI is InChI=1S/C25H20ClFN2O4/c1-32-20-12-11-19(13-21(20)33-2)28-23-22(16-5-7-17(26)8-6-16)24(30)29(25(23)31)14-15-3-9-18(27)10-4-15/h3-13,28H,14H2,1-2H3. The van der Waals surface area contributed by atoms with Crippen molar-refractivity contribution in [1.29, 1.82) is 0 Å². The van der Waals surface area contributed by atoms with E-state index in [0.717, 1.165) is 4.90 Å². The maximum absolute atomic E-state index is 13.4. The van der Waals surface area contributed by atoms with Gasteiger partial charge in [-0.15, -0.1) is 0 Å². The molecule has 0 saturated carbocycles. The first kappa shape index (κ1) is 22.4. The first-order chi connectivity index (χ1) is 15.9. The van der Waals surface area contributed by atoms with E-state index in [0.29, 0.717) is 33.3 Å². The molecule has 8 heteroatoms. The number of nitrogens with one attached hydrogen (secondary N) is 1. The molecule has 0 aromatic heterocycles. The molecule has 0 spiro atoms. The minimum Gasteiger partial charge on any atom is -0.493 e. The van der Waals surface area contributed by atoms with Crippen LogP contribution in [0.5, 0.6) is 11.5 Å². The Hall–Kier alpha value is -3.84. The van der Waals surface area contributed by atoms with Crippen LogP contribution in [0.15, 0.2) is 72.4 Å². The number of nitrogens with zero attached hydrogens (tertiary/aromatic N) is 1. The van der Waals surface area contributed by atoms with Crippen LogP contribution in [0.25, 0.3) is 5.57 Å². The van der Waals surface area contributed by atoms with Crippen molar-refractivity contribution < 1.29 is 23.5 Å². The van der Waals surface area contributed by atoms with E-state index in [1.165, 1.54) is 38.5 Å². The average Bonchev–Trinajstić information content (AvgIpc) is 3.05. The summed E-state index contributed by atoms with van der Waals surface area (Å²) in [5.41, 5.74) is 2.05. The molecule has 0 aliphatic carbocycles. The van der Waals surface area contributed by atoms with Crippen LogP contribution in [-0.2, 0) is 16.1 Å². The molecule has 0 unspecified atom stereocenters. The number of carbonyl (C=O) groups is 2. The lowest BCUT2D eigenvalue weighted by atomic mass is 10.0. The number of carbonyl (C=O) groups excluding carboxylic acids is 2. The molecule has 3 aromatic rings. The molecule has 0 bridgehead atoms. The molecular formula is C25H20ClFN2O4. The Kier molecular flexibility index (Phi) is 6.33. The van der Waals surface area contributed by atoms with Gasteiger partial charge in [0.15, 0.2) is 11.5 Å². The van der Waals surface area contributed by atoms with Crippen LogP contribution in [-0.4, -0.2) is 30.9 Å². The van der Waals surface area contributed by atoms with Crippen LogP contribution in [0.2, 0.25) is 5.02 Å². The van der Waals surface area contributed by atoms with Gasteiger partial charge in [0.2, 0.25) is 0 Å². The Morgan fingerprint density at radius 3 is 2.18 bits per heavy atom. The molecule has 0 saturated heterocycles. The maximum Gasteiger partial charge on any atom is 0.278 e. The molecule has 4 rings (SSSR count). The molecule has 0 fully saturated rings. The average molecular weight is 467 g/mol. The second kappa shape index (κ2) is 9.34. The number of methoxy groups -OCH3 is 2. The Morgan fingerprint density at radius 1 is 0.879 bits per heavy atom. The lowest BCUT2D eigenvalue weighted by Crippen LogP contribution is -2.32. The summed E-state index contributed by atoms with van der Waals surface area (Å²) in [4.78, 5) is 27.8. The predicted octanol–water partition coefficient (Wildman–Crippen LogP) is 4.89. The highest BCUT2D eigenvalue weighted by atomic mass is 35.5. The third kappa shape index (κ3) is 4.54. The molecule has 6 nitrogen and oxygen atoms in total. The van der Waals surface area contributed by atoms with Gasteiger partial charge in [-0.3, -0.25) is 14.5 Å². The molecule has 1 N–H and O–H groups in total. The summed E-state index contributed by atoms with van der Waals surface area (Å²) in [6, 6.07) is 17.4. The lowest BCUT2D eigenvalue weighted by Gasteiger charge is -2.16. The molecule has 168 valence electrons. The van der Waals surface area contributed by atoms with Gasteiger partial charge in [0, 0.05) is 16.8 Å². The maximum atomic E-state index is 13.4. The minimum absolute atomic E-state index is 0.00610. The third-order valence-corrected chi connectivity index (χ3v) is 5.46. The second-order valence-corrected chi connectivity index (χ2v) is 7.71. The highest BCUT2D eigenvalue weighted by Gasteiger charge is 2.39. The summed E-state index contributed by atoms with van der Waals surface area (Å²) in [7, 11) is 3.04. The number of benzene rings is 3. The monoisotopic (exact) mass is 466 g/mol. The number of imide groups is 1. The SMILES string of the molecule is COc1ccc(NC2=C(c3ccc(Cl)cc3)C(=O)N(Cc3ccc(F)cc3)C2=O)cc1OC. The van der Waals surface area contributed by atoms with Crippen molar-refractivity contribution in [3.63, 3.8) is 0 Å². The molecule has 0 atom stereocenters. The number of hydrogen-bond acceptors (Lipinski definition) is 5. The third-order valence-electron chi connectivity index (χ3n) is 5.21. The van der Waals surface area contributed by atoms with E-state index in [1.54, 1.807) is 42.5 Å². The van der Waals surface area contributed by atoms with Gasteiger partial charge in [-0.25, -0.2) is 4.39 Å². The Labute approximate surface area is 195 Å². The molecule has 3 aromatic carbocycles. The Morgan fingerprint density at radius 2 is 1.55 bits per heavy atom. The minimum atomic E-state index is -0.496. The van der Waals surface area contributed by atoms with Gasteiger partial charge in [0.25, 0.3) is 11.8 Å². The second-order valence-electron chi connectivity index (χ2n) is 7.27. The van der Waals surface area contributed by atoms with Crippen molar-refractivity contribution in [3.05, 3.63) is 94.4 Å². The molecule has 1 heterocycles. The zero-order chi connectivity index (χ0) is 23.5. The Bertz CT molecular complexity index is 1240. The summed E-state index contributed by atoms with van der Waals surface area (Å²) < 4.78 is 23.9. The van der Waals surface area contributed by atoms with Crippen LogP contribution in [0, 0.1) is 5.82 Å². The predicted molar refractivity (Wildman–Crippen MR) is 123 cm³/mol. The molecule has 2 amide bonds. The fourth-order valence-electron chi connectivity index (χ4n) is 3.55. The largest absolute Gasteiger partial charge is 0.493 e. The molecule has 1 aliphatic rings. The zero-order valence-electron chi connectivity index (χ0n) is 17.9. The highest BCUT2D eigenvalue weighted by molar-refractivity contribution is 6.36. The smallest absolute Gasteiger partial charge is 0.278 e. The molecule has 33 heavy (non-hydrogen) atoms. The summed E-state index contributed by atoms with van der Waals surface area (Å²) in [5, 5.41) is 3.58. The molecular weight excluding hydrogens is 447 g/mol. The number of ether oxygens (including phenoxy) is 2. The molecule has 0 radical (unpaired) electrons. The number of halogens is 2. The van der Waals surface area contributed by atoms with Gasteiger partial charge in [-0.05, 0) is 47.5 Å². The van der Waals surface area contributed by atoms with E-state index in [-0.39, 0.29) is 17.8 Å². The van der Waals surface area contributed by atoms with Gasteiger partial charge in [-0.1, -0.05) is 35.9 Å². The van der Waals surface area contributed by atoms with Gasteiger partial charge in [0.05, 0.1) is 26.3 Å². The summed E-state index contributed by atoms with van der Waals surface area (Å²) in [5.74, 6) is -0.356. The van der Waals surface area contributed by atoms with Crippen molar-refractivity contribution in [2.75, 3.05) is 19.5 Å². The lowest BCUT2D eigenvalue weighted by molar-refractivity contribution is -0.137. The highest BCUT2D eigenvalue weighted by Crippen LogP contribution is 2.35. The number of rotatable bonds is 7. The zero-order valence-corrected chi connectivity index (χ0v) is 18.7. The normalized spacial score (nSPS) is 13.5. The van der Waals surface area contributed by atoms with Gasteiger partial charge in [-0.2, -0.15) is 0 Å². The molecule has 1 aliphatic heterocycles. The van der Waals surface area contributed by atoms with Crippen molar-refractivity contribution in [3.8, 4) is 11.5 Å². The summed E-state index contributed by atoms with van der Waals surface area (Å²) in [6.07, 6.45) is 0. The fraction of sp³-hybridized carbons (Fsp3) is 0.120. The van der Waals surface area contributed by atoms with Gasteiger partial charge >= 0.3 is 0 Å². The van der Waals surface area contributed by atoms with E-state index in [4.69, 9.17) is 21.1 Å². The first-order valence-electron chi connectivity index (χ1n) is 10.0. The summed E-state index contributed by atoms with van der Waals surface area (Å²) in [6.45, 7) is 0.00610. The van der Waals surface area contributed by atoms with Gasteiger partial charge in [0.1, 0.15) is 11.5 Å². The number of amides is 2. The fourth-order valence-corrected chi connectivity index (χ4v) is 3.68. The van der Waals surface area contributed by atoms with Crippen LogP contribution >= 0.6 is 11.6 Å². The van der Waals surface area contributed by atoms with Crippen molar-refractivity contribution in [2.45, 2.75) is 6.54 Å². The van der Waals surface area contributed by atoms with Crippen LogP contribution in [0.3, 0.4) is 0 Å². The quantitative estimate of drug-likeness (QED) is 0.502. The van der Waals surface area contributed by atoms with Crippen molar-refractivity contribution in [2.24, 2.45) is 0 Å². The van der Waals surface area contributed by atoms with E-state index in [9.17, 15) is 14.0 Å². The van der Waals surface area contributed by atoms with E-state index < -0.39 is 17.6 Å². The van der Waals surface area contributed by atoms with Crippen molar-refractivity contribution >= 4 is 34.7 Å². The number of hydrogen-bond donors (Lipinski definition) is 1.